The second-order valence-corrected chi connectivity index (χ2v) is 6.54. The van der Waals surface area contributed by atoms with Gasteiger partial charge >= 0.3 is 0 Å². The van der Waals surface area contributed by atoms with Crippen LogP contribution in [0, 0.1) is 11.3 Å². The van der Waals surface area contributed by atoms with Crippen LogP contribution in [0.15, 0.2) is 24.3 Å². The number of nitrogens with one attached hydrogen (secondary N) is 3. The van der Waals surface area contributed by atoms with Gasteiger partial charge in [-0.05, 0) is 37.8 Å². The van der Waals surface area contributed by atoms with Gasteiger partial charge < -0.3 is 15.5 Å². The highest BCUT2D eigenvalue weighted by Gasteiger charge is 2.35. The second kappa shape index (κ2) is 7.93. The number of amides is 2. The van der Waals surface area contributed by atoms with E-state index in [2.05, 4.69) is 16.7 Å². The number of hydrogen-bond donors (Lipinski definition) is 3. The molecule has 6 nitrogen and oxygen atoms in total. The molecule has 0 spiro atoms. The van der Waals surface area contributed by atoms with Gasteiger partial charge in [0.15, 0.2) is 6.54 Å². The summed E-state index contributed by atoms with van der Waals surface area (Å²) in [6, 6.07) is 9.64. The van der Waals surface area contributed by atoms with E-state index in [1.807, 2.05) is 19.2 Å². The molecule has 3 N–H and O–H groups in total. The van der Waals surface area contributed by atoms with Gasteiger partial charge in [-0.2, -0.15) is 5.26 Å². The van der Waals surface area contributed by atoms with Crippen LogP contribution in [-0.4, -0.2) is 38.0 Å². The summed E-state index contributed by atoms with van der Waals surface area (Å²) in [6.45, 7) is 1.00. The summed E-state index contributed by atoms with van der Waals surface area (Å²) in [5.41, 5.74) is 1.02. The molecule has 2 rings (SSSR count). The third-order valence-corrected chi connectivity index (χ3v) is 4.46. The summed E-state index contributed by atoms with van der Waals surface area (Å²) in [4.78, 5) is 24.8. The van der Waals surface area contributed by atoms with Crippen molar-refractivity contribution in [3.8, 4) is 6.07 Å². The first kappa shape index (κ1) is 18.0. The Bertz CT molecular complexity index is 627. The maximum Gasteiger partial charge on any atom is 0.276 e. The van der Waals surface area contributed by atoms with Crippen molar-refractivity contribution in [2.24, 2.45) is 0 Å². The Morgan fingerprint density at radius 3 is 2.42 bits per heavy atom. The van der Waals surface area contributed by atoms with E-state index in [0.29, 0.717) is 18.7 Å². The lowest BCUT2D eigenvalue weighted by atomic mass is 10.00. The number of carbonyl (C=O) groups excluding carboxylic acids is 2. The average molecular weight is 329 g/mol. The number of quaternary nitrogens is 1. The zero-order chi connectivity index (χ0) is 17.6. The minimum Gasteiger partial charge on any atom is -0.355 e. The molecule has 6 heteroatoms. The molecule has 1 saturated carbocycles. The van der Waals surface area contributed by atoms with Gasteiger partial charge in [-0.3, -0.25) is 9.59 Å². The molecule has 1 aromatic rings. The molecule has 0 heterocycles. The third-order valence-electron chi connectivity index (χ3n) is 4.46. The van der Waals surface area contributed by atoms with E-state index >= 15 is 0 Å². The van der Waals surface area contributed by atoms with Crippen LogP contribution in [0.25, 0.3) is 0 Å². The summed E-state index contributed by atoms with van der Waals surface area (Å²) in [7, 11) is 3.55. The molecule has 24 heavy (non-hydrogen) atoms. The molecule has 2 amide bonds. The summed E-state index contributed by atoms with van der Waals surface area (Å²) in [6.07, 6.45) is 3.48. The molecular formula is C18H25N4O2+. The minimum absolute atomic E-state index is 0.0852. The minimum atomic E-state index is -0.660. The van der Waals surface area contributed by atoms with E-state index in [0.717, 1.165) is 36.1 Å². The number of rotatable bonds is 6. The Labute approximate surface area is 142 Å². The first-order valence-corrected chi connectivity index (χ1v) is 8.32. The number of nitriles is 1. The summed E-state index contributed by atoms with van der Waals surface area (Å²) >= 11 is 0. The van der Waals surface area contributed by atoms with Crippen LogP contribution in [0.4, 0.5) is 0 Å². The number of benzene rings is 1. The lowest BCUT2D eigenvalue weighted by Crippen LogP contribution is -3.09. The fourth-order valence-electron chi connectivity index (χ4n) is 3.16. The average Bonchev–Trinajstić information content (AvgIpc) is 3.03. The van der Waals surface area contributed by atoms with Gasteiger partial charge in [0.05, 0.1) is 13.1 Å². The van der Waals surface area contributed by atoms with Crippen molar-refractivity contribution < 1.29 is 14.5 Å². The molecule has 1 unspecified atom stereocenters. The van der Waals surface area contributed by atoms with Crippen LogP contribution in [-0.2, 0) is 11.3 Å². The lowest BCUT2D eigenvalue weighted by molar-refractivity contribution is -0.885. The standard InChI is InChI=1S/C18H24N4O2/c1-20-17(24)15-7-5-14(6-8-15)11-22(2)12-16(23)21-18(13-19)9-3-4-10-18/h5-8H,3-4,9-12H2,1-2H3,(H,20,24)(H,21,23)/p+1. The summed E-state index contributed by atoms with van der Waals surface area (Å²) in [5, 5.41) is 14.8. The van der Waals surface area contributed by atoms with Crippen LogP contribution in [0.3, 0.4) is 0 Å². The number of nitrogens with zero attached hydrogens (tertiary/aromatic N) is 1. The van der Waals surface area contributed by atoms with Crippen molar-refractivity contribution in [2.75, 3.05) is 20.6 Å². The quantitative estimate of drug-likeness (QED) is 0.687. The molecule has 0 aliphatic heterocycles. The van der Waals surface area contributed by atoms with Crippen LogP contribution >= 0.6 is 0 Å². The maximum absolute atomic E-state index is 12.2. The van der Waals surface area contributed by atoms with Crippen molar-refractivity contribution in [1.29, 1.82) is 5.26 Å². The predicted molar refractivity (Wildman–Crippen MR) is 90.2 cm³/mol. The van der Waals surface area contributed by atoms with Crippen molar-refractivity contribution >= 4 is 11.8 Å². The normalized spacial score (nSPS) is 16.9. The zero-order valence-corrected chi connectivity index (χ0v) is 14.3. The van der Waals surface area contributed by atoms with Crippen molar-refractivity contribution in [3.63, 3.8) is 0 Å². The number of likely N-dealkylation sites (N-methyl/N-ethyl adjacent to an activating group) is 1. The highest BCUT2D eigenvalue weighted by molar-refractivity contribution is 5.93. The Balaban J connectivity index is 1.86. The molecule has 1 atom stereocenters. The van der Waals surface area contributed by atoms with E-state index in [4.69, 9.17) is 0 Å². The molecule has 0 radical (unpaired) electrons. The predicted octanol–water partition coefficient (Wildman–Crippen LogP) is 0.0135. The molecule has 1 fully saturated rings. The van der Waals surface area contributed by atoms with E-state index in [1.54, 1.807) is 19.2 Å². The monoisotopic (exact) mass is 329 g/mol. The van der Waals surface area contributed by atoms with Crippen LogP contribution in [0.5, 0.6) is 0 Å². The van der Waals surface area contributed by atoms with Gasteiger partial charge in [-0.1, -0.05) is 12.1 Å². The highest BCUT2D eigenvalue weighted by atomic mass is 16.2. The Hall–Kier alpha value is -2.39. The first-order chi connectivity index (χ1) is 11.5. The van der Waals surface area contributed by atoms with Gasteiger partial charge in [0.25, 0.3) is 11.8 Å². The molecular weight excluding hydrogens is 304 g/mol. The van der Waals surface area contributed by atoms with Crippen molar-refractivity contribution in [3.05, 3.63) is 35.4 Å². The fraction of sp³-hybridized carbons (Fsp3) is 0.500. The molecule has 128 valence electrons. The maximum atomic E-state index is 12.2. The largest absolute Gasteiger partial charge is 0.355 e. The Morgan fingerprint density at radius 2 is 1.88 bits per heavy atom. The lowest BCUT2D eigenvalue weighted by Gasteiger charge is -2.23. The van der Waals surface area contributed by atoms with Gasteiger partial charge in [0.1, 0.15) is 12.1 Å². The first-order valence-electron chi connectivity index (χ1n) is 8.32. The fourth-order valence-corrected chi connectivity index (χ4v) is 3.16. The van der Waals surface area contributed by atoms with E-state index in [1.165, 1.54) is 0 Å². The number of hydrogen-bond acceptors (Lipinski definition) is 3. The Morgan fingerprint density at radius 1 is 1.25 bits per heavy atom. The summed E-state index contributed by atoms with van der Waals surface area (Å²) in [5.74, 6) is -0.196. The molecule has 0 bridgehead atoms. The van der Waals surface area contributed by atoms with Gasteiger partial charge in [-0.25, -0.2) is 0 Å². The van der Waals surface area contributed by atoms with Crippen molar-refractivity contribution in [2.45, 2.75) is 37.8 Å². The zero-order valence-electron chi connectivity index (χ0n) is 14.3. The molecule has 1 aromatic carbocycles. The smallest absolute Gasteiger partial charge is 0.276 e. The van der Waals surface area contributed by atoms with E-state index in [9.17, 15) is 14.9 Å². The Kier molecular flexibility index (Phi) is 5.93. The summed E-state index contributed by atoms with van der Waals surface area (Å²) < 4.78 is 0. The van der Waals surface area contributed by atoms with Gasteiger partial charge in [0, 0.05) is 18.2 Å². The van der Waals surface area contributed by atoms with Crippen LogP contribution < -0.4 is 15.5 Å². The SMILES string of the molecule is CNC(=O)c1ccc(C[NH+](C)CC(=O)NC2(C#N)CCCC2)cc1. The van der Waals surface area contributed by atoms with Crippen molar-refractivity contribution in [1.82, 2.24) is 10.6 Å². The van der Waals surface area contributed by atoms with Gasteiger partial charge in [0.2, 0.25) is 0 Å². The molecule has 1 aliphatic carbocycles. The van der Waals surface area contributed by atoms with E-state index in [-0.39, 0.29) is 11.8 Å². The molecule has 0 saturated heterocycles. The second-order valence-electron chi connectivity index (χ2n) is 6.54. The highest BCUT2D eigenvalue weighted by Crippen LogP contribution is 2.28. The van der Waals surface area contributed by atoms with E-state index < -0.39 is 5.54 Å². The van der Waals surface area contributed by atoms with Gasteiger partial charge in [-0.15, -0.1) is 0 Å². The van der Waals surface area contributed by atoms with Crippen LogP contribution in [0.2, 0.25) is 0 Å². The molecule has 0 aromatic heterocycles. The molecule has 1 aliphatic rings. The third kappa shape index (κ3) is 4.56. The number of carbonyl (C=O) groups is 2. The van der Waals surface area contributed by atoms with Crippen LogP contribution in [0.1, 0.15) is 41.6 Å². The topological polar surface area (TPSA) is 86.4 Å².